The summed E-state index contributed by atoms with van der Waals surface area (Å²) in [4.78, 5) is 0. The maximum atomic E-state index is 8.06. The molecule has 0 N–H and O–H groups in total. The molecule has 0 aliphatic rings. The van der Waals surface area contributed by atoms with Crippen LogP contribution in [0.25, 0.3) is 0 Å². The summed E-state index contributed by atoms with van der Waals surface area (Å²) >= 11 is 0. The summed E-state index contributed by atoms with van der Waals surface area (Å²) in [7, 11) is 3.38. The molecule has 1 aromatic carbocycles. The van der Waals surface area contributed by atoms with E-state index < -0.39 is 0 Å². The molecule has 0 amide bonds. The molecule has 0 bridgehead atoms. The molecule has 0 radical (unpaired) electrons. The Labute approximate surface area is 76.2 Å². The van der Waals surface area contributed by atoms with Crippen LogP contribution in [0.4, 0.5) is 0 Å². The van der Waals surface area contributed by atoms with Gasteiger partial charge in [-0.1, -0.05) is 32.0 Å². The molecule has 0 saturated heterocycles. The van der Waals surface area contributed by atoms with E-state index in [1.165, 1.54) is 0 Å². The summed E-state index contributed by atoms with van der Waals surface area (Å²) in [6, 6.07) is 9.68. The van der Waals surface area contributed by atoms with E-state index in [0.29, 0.717) is 0 Å². The van der Waals surface area contributed by atoms with E-state index in [9.17, 15) is 0 Å². The lowest BCUT2D eigenvalue weighted by Crippen LogP contribution is -1.78. The van der Waals surface area contributed by atoms with Crippen LogP contribution in [0.3, 0.4) is 0 Å². The van der Waals surface area contributed by atoms with E-state index in [4.69, 9.17) is 9.30 Å². The summed E-state index contributed by atoms with van der Waals surface area (Å²) in [5.74, 6) is 0.910. The Bertz CT molecular complexity index is 165. The van der Waals surface area contributed by atoms with E-state index in [1.807, 2.05) is 44.2 Å². The Morgan fingerprint density at radius 1 is 1.08 bits per heavy atom. The number of benzene rings is 1. The number of para-hydroxylation sites is 1. The summed E-state index contributed by atoms with van der Waals surface area (Å²) in [6.07, 6.45) is 0. The summed E-state index contributed by atoms with van der Waals surface area (Å²) in [5, 5.41) is 0. The van der Waals surface area contributed by atoms with Crippen LogP contribution < -0.4 is 4.74 Å². The van der Waals surface area contributed by atoms with Crippen LogP contribution in [-0.4, -0.2) is 7.11 Å². The van der Waals surface area contributed by atoms with Crippen LogP contribution in [0, 0.1) is 0 Å². The summed E-state index contributed by atoms with van der Waals surface area (Å²) in [5.41, 5.74) is 0. The first-order chi connectivity index (χ1) is 5.93. The predicted molar refractivity (Wildman–Crippen MR) is 53.3 cm³/mol. The maximum Gasteiger partial charge on any atom is 0.138 e. The van der Waals surface area contributed by atoms with Crippen LogP contribution in [0.15, 0.2) is 30.3 Å². The van der Waals surface area contributed by atoms with Gasteiger partial charge in [0.1, 0.15) is 14.9 Å². The Hall–Kier alpha value is -0.880. The third-order valence-corrected chi connectivity index (χ3v) is 0.979. The Morgan fingerprint density at radius 3 is 1.75 bits per heavy atom. The predicted octanol–water partition coefficient (Wildman–Crippen LogP) is 3.20. The van der Waals surface area contributed by atoms with Crippen molar-refractivity contribution in [2.75, 3.05) is 7.11 Å². The van der Waals surface area contributed by atoms with Crippen molar-refractivity contribution in [2.45, 2.75) is 13.8 Å². The molecule has 0 aromatic heterocycles. The zero-order valence-electron chi connectivity index (χ0n) is 7.70. The van der Waals surface area contributed by atoms with Gasteiger partial charge in [0, 0.05) is 0 Å². The number of methoxy groups -OCH3 is 1. The van der Waals surface area contributed by atoms with Crippen molar-refractivity contribution >= 4 is 9.12 Å². The first-order valence-electron chi connectivity index (χ1n) is 3.73. The van der Waals surface area contributed by atoms with E-state index in [0.717, 1.165) is 5.75 Å². The second-order valence-electron chi connectivity index (χ2n) is 1.52. The fourth-order valence-corrected chi connectivity index (χ4v) is 0.557. The Kier molecular flexibility index (Phi) is 14.6. The van der Waals surface area contributed by atoms with Crippen molar-refractivity contribution in [3.05, 3.63) is 30.3 Å². The molecule has 0 atom stereocenters. The van der Waals surface area contributed by atoms with Crippen molar-refractivity contribution in [3.8, 4) is 5.75 Å². The van der Waals surface area contributed by atoms with Crippen molar-refractivity contribution in [1.29, 1.82) is 0 Å². The standard InChI is InChI=1S/C7H8O.C2H6.HOP/c1-8-7-5-3-2-4-6-7;2*1-2/h2-6H,1H3;1-2H3;2H. The largest absolute Gasteiger partial charge is 0.497 e. The second-order valence-corrected chi connectivity index (χ2v) is 1.52. The van der Waals surface area contributed by atoms with Crippen LogP contribution in [0.5, 0.6) is 5.75 Å². The van der Waals surface area contributed by atoms with Gasteiger partial charge in [0.2, 0.25) is 0 Å². The first-order valence-corrected chi connectivity index (χ1v) is 4.14. The lowest BCUT2D eigenvalue weighted by atomic mass is 10.3. The quantitative estimate of drug-likeness (QED) is 0.629. The molecule has 68 valence electrons. The topological polar surface area (TPSA) is 26.3 Å². The van der Waals surface area contributed by atoms with E-state index in [-0.39, 0.29) is 0 Å². The molecule has 12 heavy (non-hydrogen) atoms. The minimum atomic E-state index is 0.910. The number of hydrogen-bond acceptors (Lipinski definition) is 2. The molecule has 2 nitrogen and oxygen atoms in total. The highest BCUT2D eigenvalue weighted by Gasteiger charge is 1.80. The highest BCUT2D eigenvalue weighted by atomic mass is 31.0. The van der Waals surface area contributed by atoms with Gasteiger partial charge >= 0.3 is 0 Å². The van der Waals surface area contributed by atoms with Crippen LogP contribution in [0.2, 0.25) is 0 Å². The molecule has 0 unspecified atom stereocenters. The summed E-state index contributed by atoms with van der Waals surface area (Å²) < 4.78 is 13.0. The maximum absolute atomic E-state index is 8.06. The zero-order valence-corrected chi connectivity index (χ0v) is 8.70. The van der Waals surface area contributed by atoms with E-state index >= 15 is 0 Å². The van der Waals surface area contributed by atoms with Crippen molar-refractivity contribution in [2.24, 2.45) is 0 Å². The first kappa shape index (κ1) is 13.7. The lowest BCUT2D eigenvalue weighted by molar-refractivity contribution is 0.415. The van der Waals surface area contributed by atoms with Gasteiger partial charge in [-0.25, -0.2) is 0 Å². The van der Waals surface area contributed by atoms with Gasteiger partial charge in [0.25, 0.3) is 0 Å². The third kappa shape index (κ3) is 7.23. The second kappa shape index (κ2) is 12.8. The van der Waals surface area contributed by atoms with Crippen molar-refractivity contribution < 1.29 is 9.30 Å². The summed E-state index contributed by atoms with van der Waals surface area (Å²) in [6.45, 7) is 4.00. The third-order valence-electron chi connectivity index (χ3n) is 0.979. The molecule has 0 aliphatic carbocycles. The average Bonchev–Trinajstić information content (AvgIpc) is 2.25. The smallest absolute Gasteiger partial charge is 0.138 e. The van der Waals surface area contributed by atoms with Crippen LogP contribution >= 0.6 is 9.12 Å². The molecule has 0 heterocycles. The van der Waals surface area contributed by atoms with Crippen molar-refractivity contribution in [1.82, 2.24) is 0 Å². The molecule has 1 rings (SSSR count). The van der Waals surface area contributed by atoms with E-state index in [1.54, 1.807) is 16.2 Å². The molecule has 1 aromatic rings. The highest BCUT2D eigenvalue weighted by molar-refractivity contribution is 7.00. The van der Waals surface area contributed by atoms with Crippen LogP contribution in [0.1, 0.15) is 13.8 Å². The van der Waals surface area contributed by atoms with Gasteiger partial charge in [-0.2, -0.15) is 0 Å². The minimum absolute atomic E-state index is 0.910. The normalized spacial score (nSPS) is 6.58. The number of hydrogen-bond donors (Lipinski definition) is 0. The Morgan fingerprint density at radius 2 is 1.50 bits per heavy atom. The van der Waals surface area contributed by atoms with Crippen molar-refractivity contribution in [3.63, 3.8) is 0 Å². The molecular formula is C9H15O2P. The fourth-order valence-electron chi connectivity index (χ4n) is 0.557. The van der Waals surface area contributed by atoms with Gasteiger partial charge in [0.15, 0.2) is 0 Å². The fraction of sp³-hybridized carbons (Fsp3) is 0.333. The number of rotatable bonds is 1. The molecule has 0 spiro atoms. The van der Waals surface area contributed by atoms with Gasteiger partial charge in [-0.15, -0.1) is 0 Å². The molecule has 0 fully saturated rings. The molecule has 3 heteroatoms. The molecule has 0 aliphatic heterocycles. The SMILES string of the molecule is CC.COc1ccccc1.O=P. The van der Waals surface area contributed by atoms with Gasteiger partial charge in [-0.05, 0) is 12.1 Å². The van der Waals surface area contributed by atoms with Gasteiger partial charge in [0.05, 0.1) is 7.11 Å². The van der Waals surface area contributed by atoms with Gasteiger partial charge < -0.3 is 4.74 Å². The van der Waals surface area contributed by atoms with Gasteiger partial charge in [-0.3, -0.25) is 4.57 Å². The molecular weight excluding hydrogens is 171 g/mol. The van der Waals surface area contributed by atoms with Crippen LogP contribution in [-0.2, 0) is 4.57 Å². The highest BCUT2D eigenvalue weighted by Crippen LogP contribution is 2.05. The zero-order chi connectivity index (χ0) is 9.82. The minimum Gasteiger partial charge on any atom is -0.497 e. The molecule has 0 saturated carbocycles. The number of ether oxygens (including phenoxy) is 1. The average molecular weight is 186 g/mol. The lowest BCUT2D eigenvalue weighted by Gasteiger charge is -1.93. The Balaban J connectivity index is 0. The van der Waals surface area contributed by atoms with E-state index in [2.05, 4.69) is 0 Å². The monoisotopic (exact) mass is 186 g/mol.